The molecule has 0 fully saturated rings. The molecule has 3 heterocycles. The molecule has 1 amide bonds. The Bertz CT molecular complexity index is 1560. The Hall–Kier alpha value is -4.08. The summed E-state index contributed by atoms with van der Waals surface area (Å²) >= 11 is 8.67. The Morgan fingerprint density at radius 3 is 2.66 bits per heavy atom. The number of aromatic nitrogens is 2. The molecule has 7 nitrogen and oxygen atoms in total. The first-order valence-corrected chi connectivity index (χ1v) is 11.7. The predicted molar refractivity (Wildman–Crippen MR) is 142 cm³/mol. The van der Waals surface area contributed by atoms with E-state index in [1.54, 1.807) is 42.7 Å². The number of thiocarbonyl (C=S) groups is 1. The number of fused-ring (bicyclic) bond motifs is 1. The maximum atomic E-state index is 12.3. The van der Waals surface area contributed by atoms with E-state index in [-0.39, 0.29) is 11.0 Å². The minimum Gasteiger partial charge on any atom is -0.457 e. The van der Waals surface area contributed by atoms with Crippen LogP contribution in [0, 0.1) is 0 Å². The molecule has 5 rings (SSSR count). The molecule has 3 aromatic heterocycles. The first-order valence-electron chi connectivity index (χ1n) is 10.5. The van der Waals surface area contributed by atoms with E-state index in [1.807, 2.05) is 42.5 Å². The molecule has 0 bridgehead atoms. The minimum absolute atomic E-state index is 0.156. The number of oxazole rings is 1. The van der Waals surface area contributed by atoms with Crippen molar-refractivity contribution in [1.82, 2.24) is 15.3 Å². The number of hydrogen-bond donors (Lipinski definition) is 2. The summed E-state index contributed by atoms with van der Waals surface area (Å²) in [6.45, 7) is 0. The molecule has 0 saturated heterocycles. The fourth-order valence-electron chi connectivity index (χ4n) is 3.33. The van der Waals surface area contributed by atoms with Gasteiger partial charge < -0.3 is 14.2 Å². The van der Waals surface area contributed by atoms with Crippen LogP contribution in [0.2, 0.25) is 0 Å². The molecule has 9 heteroatoms. The summed E-state index contributed by atoms with van der Waals surface area (Å²) in [5.74, 6) is 1.36. The van der Waals surface area contributed by atoms with Gasteiger partial charge in [0.05, 0.1) is 5.56 Å². The first-order chi connectivity index (χ1) is 17.0. The molecule has 0 aliphatic carbocycles. The monoisotopic (exact) mass is 544 g/mol. The molecule has 0 atom stereocenters. The Labute approximate surface area is 214 Å². The van der Waals surface area contributed by atoms with Gasteiger partial charge in [0.25, 0.3) is 0 Å². The summed E-state index contributed by atoms with van der Waals surface area (Å²) in [5, 5.41) is 5.76. The van der Waals surface area contributed by atoms with Gasteiger partial charge in [-0.25, -0.2) is 4.98 Å². The van der Waals surface area contributed by atoms with Crippen LogP contribution in [0.4, 0.5) is 5.69 Å². The van der Waals surface area contributed by atoms with Gasteiger partial charge >= 0.3 is 0 Å². The molecule has 0 spiro atoms. The molecular weight excluding hydrogens is 528 g/mol. The molecular formula is C26H17BrN4O3S. The molecule has 2 N–H and O–H groups in total. The third-order valence-corrected chi connectivity index (χ3v) is 5.56. The smallest absolute Gasteiger partial charge is 0.250 e. The standard InChI is InChI=1S/C26H17BrN4O3S/c27-18-12-17(14-28-15-18)25-30-21-13-19(6-9-23(21)34-25)29-26(35)31-24(32)11-8-20-7-10-22(33-20)16-4-2-1-3-5-16/h1-15H,(H2,29,31,32,35)/b11-8+. The zero-order valence-electron chi connectivity index (χ0n) is 18.1. The highest BCUT2D eigenvalue weighted by atomic mass is 79.9. The van der Waals surface area contributed by atoms with Gasteiger partial charge in [-0.05, 0) is 70.6 Å². The fourth-order valence-corrected chi connectivity index (χ4v) is 3.91. The molecule has 5 aromatic rings. The van der Waals surface area contributed by atoms with Crippen LogP contribution in [0.3, 0.4) is 0 Å². The normalized spacial score (nSPS) is 11.1. The molecule has 0 unspecified atom stereocenters. The van der Waals surface area contributed by atoms with Crippen molar-refractivity contribution in [1.29, 1.82) is 0 Å². The molecule has 0 radical (unpaired) electrons. The van der Waals surface area contributed by atoms with Gasteiger partial charge in [0.2, 0.25) is 11.8 Å². The third-order valence-electron chi connectivity index (χ3n) is 4.92. The van der Waals surface area contributed by atoms with Crippen molar-refractivity contribution < 1.29 is 13.6 Å². The van der Waals surface area contributed by atoms with Crippen molar-refractivity contribution in [2.75, 3.05) is 5.32 Å². The molecule has 35 heavy (non-hydrogen) atoms. The molecule has 172 valence electrons. The number of pyridine rings is 1. The van der Waals surface area contributed by atoms with Crippen molar-refractivity contribution in [3.8, 4) is 22.8 Å². The van der Waals surface area contributed by atoms with Gasteiger partial charge in [-0.1, -0.05) is 30.3 Å². The Kier molecular flexibility index (Phi) is 6.51. The predicted octanol–water partition coefficient (Wildman–Crippen LogP) is 6.44. The van der Waals surface area contributed by atoms with E-state index >= 15 is 0 Å². The Morgan fingerprint density at radius 1 is 0.971 bits per heavy atom. The quantitative estimate of drug-likeness (QED) is 0.194. The van der Waals surface area contributed by atoms with Gasteiger partial charge in [0, 0.05) is 34.2 Å². The van der Waals surface area contributed by atoms with Crippen molar-refractivity contribution >= 4 is 62.0 Å². The van der Waals surface area contributed by atoms with E-state index in [0.717, 1.165) is 21.4 Å². The highest BCUT2D eigenvalue weighted by Crippen LogP contribution is 2.27. The molecule has 0 aliphatic heterocycles. The lowest BCUT2D eigenvalue weighted by Crippen LogP contribution is -2.32. The Morgan fingerprint density at radius 2 is 1.83 bits per heavy atom. The van der Waals surface area contributed by atoms with Gasteiger partial charge in [-0.2, -0.15) is 0 Å². The van der Waals surface area contributed by atoms with E-state index in [2.05, 4.69) is 36.5 Å². The second-order valence-electron chi connectivity index (χ2n) is 7.44. The van der Waals surface area contributed by atoms with Crippen LogP contribution in [0.15, 0.2) is 98.5 Å². The molecule has 0 aliphatic rings. The van der Waals surface area contributed by atoms with E-state index in [9.17, 15) is 4.79 Å². The topological polar surface area (TPSA) is 93.2 Å². The van der Waals surface area contributed by atoms with E-state index in [4.69, 9.17) is 21.1 Å². The minimum atomic E-state index is -0.382. The first kappa shape index (κ1) is 22.7. The number of halogens is 1. The zero-order valence-corrected chi connectivity index (χ0v) is 20.5. The number of benzene rings is 2. The van der Waals surface area contributed by atoms with Crippen molar-refractivity contribution in [2.24, 2.45) is 0 Å². The number of carbonyl (C=O) groups excluding carboxylic acids is 1. The van der Waals surface area contributed by atoms with Crippen LogP contribution in [-0.2, 0) is 4.79 Å². The second-order valence-corrected chi connectivity index (χ2v) is 8.76. The number of rotatable bonds is 5. The number of carbonyl (C=O) groups is 1. The Balaban J connectivity index is 1.21. The number of hydrogen-bond acceptors (Lipinski definition) is 6. The van der Waals surface area contributed by atoms with Crippen LogP contribution in [-0.4, -0.2) is 21.0 Å². The van der Waals surface area contributed by atoms with Gasteiger partial charge in [-0.3, -0.25) is 15.1 Å². The van der Waals surface area contributed by atoms with Crippen LogP contribution in [0.1, 0.15) is 5.76 Å². The second kappa shape index (κ2) is 10.0. The largest absolute Gasteiger partial charge is 0.457 e. The SMILES string of the molecule is O=C(/C=C/c1ccc(-c2ccccc2)o1)NC(=S)Nc1ccc2oc(-c3cncc(Br)c3)nc2c1. The number of furan rings is 1. The lowest BCUT2D eigenvalue weighted by molar-refractivity contribution is -0.115. The summed E-state index contributed by atoms with van der Waals surface area (Å²) in [6, 6.07) is 20.6. The average molecular weight is 545 g/mol. The summed E-state index contributed by atoms with van der Waals surface area (Å²) in [4.78, 5) is 20.9. The highest BCUT2D eigenvalue weighted by Gasteiger charge is 2.11. The zero-order chi connectivity index (χ0) is 24.2. The lowest BCUT2D eigenvalue weighted by Gasteiger charge is -2.07. The summed E-state index contributed by atoms with van der Waals surface area (Å²) in [5.41, 5.74) is 3.65. The van der Waals surface area contributed by atoms with Gasteiger partial charge in [-0.15, -0.1) is 0 Å². The number of nitrogens with zero attached hydrogens (tertiary/aromatic N) is 2. The van der Waals surface area contributed by atoms with E-state index in [0.29, 0.717) is 28.4 Å². The highest BCUT2D eigenvalue weighted by molar-refractivity contribution is 9.10. The number of nitrogens with one attached hydrogen (secondary N) is 2. The number of amides is 1. The van der Waals surface area contributed by atoms with Gasteiger partial charge in [0.15, 0.2) is 10.7 Å². The van der Waals surface area contributed by atoms with Gasteiger partial charge in [0.1, 0.15) is 17.0 Å². The summed E-state index contributed by atoms with van der Waals surface area (Å²) in [7, 11) is 0. The third kappa shape index (κ3) is 5.53. The van der Waals surface area contributed by atoms with E-state index < -0.39 is 0 Å². The van der Waals surface area contributed by atoms with Crippen LogP contribution < -0.4 is 10.6 Å². The average Bonchev–Trinajstić information content (AvgIpc) is 3.50. The fraction of sp³-hybridized carbons (Fsp3) is 0. The van der Waals surface area contributed by atoms with Crippen molar-refractivity contribution in [3.05, 3.63) is 95.4 Å². The van der Waals surface area contributed by atoms with Crippen molar-refractivity contribution in [3.63, 3.8) is 0 Å². The lowest BCUT2D eigenvalue weighted by atomic mass is 10.2. The summed E-state index contributed by atoms with van der Waals surface area (Å²) < 4.78 is 12.4. The summed E-state index contributed by atoms with van der Waals surface area (Å²) in [6.07, 6.45) is 6.32. The molecule has 0 saturated carbocycles. The maximum absolute atomic E-state index is 12.3. The number of anilines is 1. The van der Waals surface area contributed by atoms with E-state index in [1.165, 1.54) is 6.08 Å². The van der Waals surface area contributed by atoms with Crippen molar-refractivity contribution in [2.45, 2.75) is 0 Å². The van der Waals surface area contributed by atoms with Crippen LogP contribution in [0.25, 0.3) is 40.0 Å². The van der Waals surface area contributed by atoms with Crippen LogP contribution in [0.5, 0.6) is 0 Å². The maximum Gasteiger partial charge on any atom is 0.250 e. The molecule has 2 aromatic carbocycles. The van der Waals surface area contributed by atoms with Crippen LogP contribution >= 0.6 is 28.1 Å².